The average molecular weight is 306 g/mol. The number of aryl methyl sites for hydroxylation is 2. The Kier molecular flexibility index (Phi) is 4.20. The van der Waals surface area contributed by atoms with Gasteiger partial charge < -0.3 is 19.4 Å². The van der Waals surface area contributed by atoms with E-state index in [2.05, 4.69) is 5.32 Å². The van der Waals surface area contributed by atoms with Gasteiger partial charge in [0.25, 0.3) is 5.91 Å². The molecule has 3 rings (SSSR count). The monoisotopic (exact) mass is 306 g/mol. The first-order valence-corrected chi connectivity index (χ1v) is 7.81. The molecule has 0 aliphatic carbocycles. The number of hydrogen-bond acceptors (Lipinski definition) is 4. The van der Waals surface area contributed by atoms with Crippen molar-refractivity contribution in [1.29, 1.82) is 0 Å². The largest absolute Gasteiger partial charge is 0.469 e. The predicted octanol–water partition coefficient (Wildman–Crippen LogP) is 1.41. The van der Waals surface area contributed by atoms with E-state index in [0.29, 0.717) is 37.5 Å². The second-order valence-electron chi connectivity index (χ2n) is 6.04. The van der Waals surface area contributed by atoms with Crippen LogP contribution in [-0.4, -0.2) is 48.6 Å². The summed E-state index contributed by atoms with van der Waals surface area (Å²) >= 11 is 0. The summed E-state index contributed by atoms with van der Waals surface area (Å²) in [5.41, 5.74) is 1.33. The van der Waals surface area contributed by atoms with Gasteiger partial charge in [-0.1, -0.05) is 0 Å². The van der Waals surface area contributed by atoms with Crippen LogP contribution >= 0.6 is 0 Å². The molecule has 1 aromatic heterocycles. The number of nitrogens with one attached hydrogen (secondary N) is 1. The van der Waals surface area contributed by atoms with E-state index in [-0.39, 0.29) is 17.9 Å². The Bertz CT molecular complexity index is 555. The lowest BCUT2D eigenvalue weighted by Gasteiger charge is -2.31. The van der Waals surface area contributed by atoms with Crippen LogP contribution in [0, 0.1) is 13.8 Å². The van der Waals surface area contributed by atoms with Crippen molar-refractivity contribution in [2.24, 2.45) is 0 Å². The SMILES string of the molecule is Cc1coc(C)c1C(=O)NC1CCN(C2CCOCC2)C1=O. The van der Waals surface area contributed by atoms with Gasteiger partial charge in [-0.05, 0) is 33.1 Å². The minimum Gasteiger partial charge on any atom is -0.469 e. The third-order valence-corrected chi connectivity index (χ3v) is 4.56. The van der Waals surface area contributed by atoms with Crippen molar-refractivity contribution in [2.45, 2.75) is 45.2 Å². The van der Waals surface area contributed by atoms with Gasteiger partial charge in [-0.25, -0.2) is 0 Å². The molecular formula is C16H22N2O4. The number of nitrogens with zero attached hydrogens (tertiary/aromatic N) is 1. The fourth-order valence-corrected chi connectivity index (χ4v) is 3.34. The molecule has 2 aliphatic rings. The fourth-order valence-electron chi connectivity index (χ4n) is 3.34. The Balaban J connectivity index is 1.64. The minimum absolute atomic E-state index is 0.0269. The summed E-state index contributed by atoms with van der Waals surface area (Å²) in [5.74, 6) is 0.386. The average Bonchev–Trinajstić information content (AvgIpc) is 3.03. The molecule has 2 saturated heterocycles. The van der Waals surface area contributed by atoms with Gasteiger partial charge in [-0.15, -0.1) is 0 Å². The summed E-state index contributed by atoms with van der Waals surface area (Å²) in [6, 6.07) is -0.176. The molecule has 2 aliphatic heterocycles. The second-order valence-corrected chi connectivity index (χ2v) is 6.04. The van der Waals surface area contributed by atoms with Crippen LogP contribution in [0.1, 0.15) is 40.9 Å². The standard InChI is InChI=1S/C16H22N2O4/c1-10-9-22-11(2)14(10)15(19)17-13-3-6-18(16(13)20)12-4-7-21-8-5-12/h9,12-13H,3-8H2,1-2H3,(H,17,19). The normalized spacial score (nSPS) is 23.1. The Morgan fingerprint density at radius 2 is 2.00 bits per heavy atom. The molecular weight excluding hydrogens is 284 g/mol. The Morgan fingerprint density at radius 3 is 2.64 bits per heavy atom. The highest BCUT2D eigenvalue weighted by Crippen LogP contribution is 2.22. The molecule has 2 amide bonds. The van der Waals surface area contributed by atoms with Crippen LogP contribution in [0.15, 0.2) is 10.7 Å². The lowest BCUT2D eigenvalue weighted by molar-refractivity contribution is -0.132. The number of ether oxygens (including phenoxy) is 1. The van der Waals surface area contributed by atoms with E-state index in [1.807, 2.05) is 11.8 Å². The zero-order valence-electron chi connectivity index (χ0n) is 13.1. The molecule has 3 heterocycles. The predicted molar refractivity (Wildman–Crippen MR) is 79.6 cm³/mol. The molecule has 2 fully saturated rings. The van der Waals surface area contributed by atoms with Crippen LogP contribution < -0.4 is 5.32 Å². The molecule has 0 bridgehead atoms. The van der Waals surface area contributed by atoms with Crippen LogP contribution in [0.2, 0.25) is 0 Å². The summed E-state index contributed by atoms with van der Waals surface area (Å²) in [4.78, 5) is 26.8. The third-order valence-electron chi connectivity index (χ3n) is 4.56. The number of rotatable bonds is 3. The maximum Gasteiger partial charge on any atom is 0.255 e. The van der Waals surface area contributed by atoms with Crippen LogP contribution in [0.3, 0.4) is 0 Å². The van der Waals surface area contributed by atoms with Gasteiger partial charge in [0.1, 0.15) is 11.8 Å². The number of likely N-dealkylation sites (tertiary alicyclic amines) is 1. The van der Waals surface area contributed by atoms with Crippen molar-refractivity contribution in [2.75, 3.05) is 19.8 Å². The Hall–Kier alpha value is -1.82. The number of carbonyl (C=O) groups excluding carboxylic acids is 2. The Labute approximate surface area is 129 Å². The highest BCUT2D eigenvalue weighted by Gasteiger charge is 2.37. The molecule has 1 N–H and O–H groups in total. The first kappa shape index (κ1) is 15.1. The van der Waals surface area contributed by atoms with E-state index in [0.717, 1.165) is 18.4 Å². The molecule has 0 radical (unpaired) electrons. The maximum atomic E-state index is 12.5. The smallest absolute Gasteiger partial charge is 0.255 e. The summed E-state index contributed by atoms with van der Waals surface area (Å²) in [6.07, 6.45) is 3.99. The fraction of sp³-hybridized carbons (Fsp3) is 0.625. The molecule has 120 valence electrons. The highest BCUT2D eigenvalue weighted by atomic mass is 16.5. The number of hydrogen-bond donors (Lipinski definition) is 1. The van der Waals surface area contributed by atoms with Crippen LogP contribution in [0.25, 0.3) is 0 Å². The van der Waals surface area contributed by atoms with Crippen molar-refractivity contribution in [1.82, 2.24) is 10.2 Å². The topological polar surface area (TPSA) is 71.8 Å². The lowest BCUT2D eigenvalue weighted by atomic mass is 10.1. The van der Waals surface area contributed by atoms with E-state index in [1.54, 1.807) is 13.2 Å². The molecule has 6 nitrogen and oxygen atoms in total. The number of furan rings is 1. The van der Waals surface area contributed by atoms with Gasteiger partial charge in [-0.2, -0.15) is 0 Å². The molecule has 0 aromatic carbocycles. The highest BCUT2D eigenvalue weighted by molar-refractivity contribution is 5.99. The van der Waals surface area contributed by atoms with Gasteiger partial charge >= 0.3 is 0 Å². The van der Waals surface area contributed by atoms with E-state index < -0.39 is 6.04 Å². The van der Waals surface area contributed by atoms with E-state index in [4.69, 9.17) is 9.15 Å². The number of amides is 2. The molecule has 1 aromatic rings. The lowest BCUT2D eigenvalue weighted by Crippen LogP contribution is -2.46. The molecule has 22 heavy (non-hydrogen) atoms. The van der Waals surface area contributed by atoms with Crippen molar-refractivity contribution in [3.8, 4) is 0 Å². The van der Waals surface area contributed by atoms with Crippen LogP contribution in [0.5, 0.6) is 0 Å². The van der Waals surface area contributed by atoms with Gasteiger partial charge in [0.05, 0.1) is 11.8 Å². The molecule has 1 unspecified atom stereocenters. The van der Waals surface area contributed by atoms with Crippen molar-refractivity contribution in [3.05, 3.63) is 23.2 Å². The number of carbonyl (C=O) groups is 2. The summed E-state index contributed by atoms with van der Waals surface area (Å²) < 4.78 is 10.6. The van der Waals surface area contributed by atoms with Crippen LogP contribution in [-0.2, 0) is 9.53 Å². The second kappa shape index (κ2) is 6.12. The molecule has 0 saturated carbocycles. The van der Waals surface area contributed by atoms with Gasteiger partial charge in [-0.3, -0.25) is 9.59 Å². The van der Waals surface area contributed by atoms with Crippen molar-refractivity contribution in [3.63, 3.8) is 0 Å². The van der Waals surface area contributed by atoms with E-state index in [1.165, 1.54) is 0 Å². The minimum atomic E-state index is -0.427. The van der Waals surface area contributed by atoms with Crippen LogP contribution in [0.4, 0.5) is 0 Å². The van der Waals surface area contributed by atoms with Crippen molar-refractivity contribution >= 4 is 11.8 Å². The van der Waals surface area contributed by atoms with Crippen molar-refractivity contribution < 1.29 is 18.7 Å². The quantitative estimate of drug-likeness (QED) is 0.916. The van der Waals surface area contributed by atoms with Gasteiger partial charge in [0, 0.05) is 31.4 Å². The van der Waals surface area contributed by atoms with Gasteiger partial charge in [0.15, 0.2) is 0 Å². The van der Waals surface area contributed by atoms with Gasteiger partial charge in [0.2, 0.25) is 5.91 Å². The summed E-state index contributed by atoms with van der Waals surface area (Å²) in [5, 5.41) is 2.86. The summed E-state index contributed by atoms with van der Waals surface area (Å²) in [6.45, 7) is 5.71. The maximum absolute atomic E-state index is 12.5. The zero-order valence-corrected chi connectivity index (χ0v) is 13.1. The molecule has 0 spiro atoms. The molecule has 1 atom stereocenters. The zero-order chi connectivity index (χ0) is 15.7. The summed E-state index contributed by atoms with van der Waals surface area (Å²) in [7, 11) is 0. The first-order chi connectivity index (χ1) is 10.6. The Morgan fingerprint density at radius 1 is 1.27 bits per heavy atom. The van der Waals surface area contributed by atoms with E-state index >= 15 is 0 Å². The molecule has 6 heteroatoms. The third kappa shape index (κ3) is 2.75. The first-order valence-electron chi connectivity index (χ1n) is 7.81. The van der Waals surface area contributed by atoms with E-state index in [9.17, 15) is 9.59 Å².